The number of rotatable bonds is 1. The van der Waals surface area contributed by atoms with Gasteiger partial charge in [0.2, 0.25) is 5.90 Å². The summed E-state index contributed by atoms with van der Waals surface area (Å²) in [4.78, 5) is 0. The first kappa shape index (κ1) is 7.03. The van der Waals surface area contributed by atoms with E-state index in [1.165, 1.54) is 0 Å². The highest BCUT2D eigenvalue weighted by Gasteiger charge is 2.04. The molecule has 0 amide bonds. The van der Waals surface area contributed by atoms with Crippen LogP contribution in [0.15, 0.2) is 40.5 Å². The van der Waals surface area contributed by atoms with Gasteiger partial charge >= 0.3 is 0 Å². The summed E-state index contributed by atoms with van der Waals surface area (Å²) in [5.74, 6) is 0.595. The Morgan fingerprint density at radius 3 is 2.67 bits per heavy atom. The molecule has 0 saturated heterocycles. The van der Waals surface area contributed by atoms with Crippen LogP contribution in [-0.4, -0.2) is 18.7 Å². The van der Waals surface area contributed by atoms with Crippen LogP contribution in [0.1, 0.15) is 5.56 Å². The molecule has 0 bridgehead atoms. The van der Waals surface area contributed by atoms with E-state index in [-0.39, 0.29) is 0 Å². The molecular formula is C9H8N2O. The number of hydrogen-bond donors (Lipinski definition) is 0. The minimum Gasteiger partial charge on any atom is -0.470 e. The Bertz CT molecular complexity index is 317. The third kappa shape index (κ3) is 1.34. The van der Waals surface area contributed by atoms with Crippen LogP contribution < -0.4 is 0 Å². The van der Waals surface area contributed by atoms with Gasteiger partial charge in [0.25, 0.3) is 0 Å². The average molecular weight is 160 g/mol. The van der Waals surface area contributed by atoms with Crippen LogP contribution >= 0.6 is 0 Å². The molecule has 0 fully saturated rings. The first-order valence-corrected chi connectivity index (χ1v) is 3.74. The molecule has 0 saturated carbocycles. The van der Waals surface area contributed by atoms with Gasteiger partial charge in [-0.3, -0.25) is 0 Å². The Morgan fingerprint density at radius 2 is 2.00 bits per heavy atom. The molecule has 1 aromatic carbocycles. The van der Waals surface area contributed by atoms with Crippen LogP contribution in [0.2, 0.25) is 0 Å². The van der Waals surface area contributed by atoms with Crippen molar-refractivity contribution in [1.82, 2.24) is 0 Å². The van der Waals surface area contributed by atoms with Gasteiger partial charge in [0.1, 0.15) is 6.61 Å². The van der Waals surface area contributed by atoms with Crippen molar-refractivity contribution < 1.29 is 4.74 Å². The van der Waals surface area contributed by atoms with Crippen LogP contribution in [0.3, 0.4) is 0 Å². The zero-order chi connectivity index (χ0) is 8.23. The Balaban J connectivity index is 2.31. The molecule has 0 aliphatic carbocycles. The standard InChI is InChI=1S/C9H8N2O/c1-2-4-8(5-3-1)9-11-10-6-7-12-9/h1-6H,7H2. The Hall–Kier alpha value is -1.64. The lowest BCUT2D eigenvalue weighted by atomic mass is 10.2. The quantitative estimate of drug-likeness (QED) is 0.612. The molecule has 1 aromatic rings. The van der Waals surface area contributed by atoms with Gasteiger partial charge < -0.3 is 4.74 Å². The van der Waals surface area contributed by atoms with E-state index < -0.39 is 0 Å². The first-order chi connectivity index (χ1) is 5.97. The van der Waals surface area contributed by atoms with Crippen molar-refractivity contribution in [1.29, 1.82) is 0 Å². The van der Waals surface area contributed by atoms with Crippen molar-refractivity contribution in [3.05, 3.63) is 35.9 Å². The lowest BCUT2D eigenvalue weighted by molar-refractivity contribution is 0.361. The van der Waals surface area contributed by atoms with Crippen molar-refractivity contribution in [3.63, 3.8) is 0 Å². The van der Waals surface area contributed by atoms with Crippen LogP contribution in [0, 0.1) is 0 Å². The van der Waals surface area contributed by atoms with Gasteiger partial charge in [-0.25, -0.2) is 0 Å². The van der Waals surface area contributed by atoms with Crippen LogP contribution in [0.25, 0.3) is 0 Å². The number of ether oxygens (including phenoxy) is 1. The van der Waals surface area contributed by atoms with E-state index in [1.807, 2.05) is 30.3 Å². The molecule has 0 radical (unpaired) electrons. The zero-order valence-electron chi connectivity index (χ0n) is 6.47. The predicted molar refractivity (Wildman–Crippen MR) is 47.4 cm³/mol. The molecule has 0 N–H and O–H groups in total. The van der Waals surface area contributed by atoms with E-state index in [1.54, 1.807) is 6.21 Å². The van der Waals surface area contributed by atoms with Crippen molar-refractivity contribution in [2.24, 2.45) is 10.2 Å². The van der Waals surface area contributed by atoms with Gasteiger partial charge in [0.15, 0.2) is 0 Å². The normalized spacial score (nSPS) is 15.2. The first-order valence-electron chi connectivity index (χ1n) is 3.74. The largest absolute Gasteiger partial charge is 0.470 e. The molecular weight excluding hydrogens is 152 g/mol. The van der Waals surface area contributed by atoms with Crippen molar-refractivity contribution in [2.45, 2.75) is 0 Å². The summed E-state index contributed by atoms with van der Waals surface area (Å²) < 4.78 is 5.26. The molecule has 3 nitrogen and oxygen atoms in total. The molecule has 60 valence electrons. The summed E-state index contributed by atoms with van der Waals surface area (Å²) in [5.41, 5.74) is 0.967. The fraction of sp³-hybridized carbons (Fsp3) is 0.111. The highest BCUT2D eigenvalue weighted by Crippen LogP contribution is 2.04. The fourth-order valence-electron chi connectivity index (χ4n) is 0.993. The number of nitrogens with zero attached hydrogens (tertiary/aromatic N) is 2. The molecule has 12 heavy (non-hydrogen) atoms. The zero-order valence-corrected chi connectivity index (χ0v) is 6.47. The molecule has 0 unspecified atom stereocenters. The molecule has 0 spiro atoms. The third-order valence-corrected chi connectivity index (χ3v) is 1.55. The topological polar surface area (TPSA) is 34.0 Å². The Kier molecular flexibility index (Phi) is 1.86. The van der Waals surface area contributed by atoms with Gasteiger partial charge in [-0.15, -0.1) is 5.10 Å². The van der Waals surface area contributed by atoms with E-state index >= 15 is 0 Å². The van der Waals surface area contributed by atoms with Crippen LogP contribution in [0.5, 0.6) is 0 Å². The molecule has 1 heterocycles. The van der Waals surface area contributed by atoms with Crippen molar-refractivity contribution in [2.75, 3.05) is 6.61 Å². The smallest absolute Gasteiger partial charge is 0.241 e. The molecule has 2 rings (SSSR count). The van der Waals surface area contributed by atoms with Gasteiger partial charge in [-0.05, 0) is 12.1 Å². The maximum atomic E-state index is 5.26. The maximum absolute atomic E-state index is 5.26. The van der Waals surface area contributed by atoms with Crippen LogP contribution in [-0.2, 0) is 4.74 Å². The summed E-state index contributed by atoms with van der Waals surface area (Å²) >= 11 is 0. The summed E-state index contributed by atoms with van der Waals surface area (Å²) in [6.45, 7) is 0.508. The van der Waals surface area contributed by atoms with Crippen molar-refractivity contribution >= 4 is 12.1 Å². The Morgan fingerprint density at radius 1 is 1.17 bits per heavy atom. The lowest BCUT2D eigenvalue weighted by Gasteiger charge is -2.07. The van der Waals surface area contributed by atoms with E-state index in [2.05, 4.69) is 10.2 Å². The minimum absolute atomic E-state index is 0.508. The van der Waals surface area contributed by atoms with Crippen LogP contribution in [0.4, 0.5) is 0 Å². The average Bonchev–Trinajstić information content (AvgIpc) is 2.21. The van der Waals surface area contributed by atoms with E-state index in [0.717, 1.165) is 5.56 Å². The predicted octanol–water partition coefficient (Wildman–Crippen LogP) is 1.45. The third-order valence-electron chi connectivity index (χ3n) is 1.55. The molecule has 0 aromatic heterocycles. The second kappa shape index (κ2) is 3.17. The van der Waals surface area contributed by atoms with Gasteiger partial charge in [-0.1, -0.05) is 18.2 Å². The Labute approximate surface area is 70.4 Å². The second-order valence-electron chi connectivity index (χ2n) is 2.38. The van der Waals surface area contributed by atoms with Gasteiger partial charge in [0.05, 0.1) is 6.21 Å². The number of hydrogen-bond acceptors (Lipinski definition) is 3. The molecule has 1 aliphatic rings. The second-order valence-corrected chi connectivity index (χ2v) is 2.38. The number of benzene rings is 1. The summed E-state index contributed by atoms with van der Waals surface area (Å²) in [6, 6.07) is 9.73. The maximum Gasteiger partial charge on any atom is 0.241 e. The highest BCUT2D eigenvalue weighted by atomic mass is 16.5. The highest BCUT2D eigenvalue weighted by molar-refractivity contribution is 5.95. The van der Waals surface area contributed by atoms with Crippen molar-refractivity contribution in [3.8, 4) is 0 Å². The van der Waals surface area contributed by atoms with E-state index in [9.17, 15) is 0 Å². The summed E-state index contributed by atoms with van der Waals surface area (Å²) in [6.07, 6.45) is 1.63. The molecule has 0 atom stereocenters. The van der Waals surface area contributed by atoms with Gasteiger partial charge in [0, 0.05) is 5.56 Å². The van der Waals surface area contributed by atoms with E-state index in [4.69, 9.17) is 4.74 Å². The lowest BCUT2D eigenvalue weighted by Crippen LogP contribution is -2.11. The molecule has 1 aliphatic heterocycles. The fourth-order valence-corrected chi connectivity index (χ4v) is 0.993. The van der Waals surface area contributed by atoms with E-state index in [0.29, 0.717) is 12.5 Å². The molecule has 3 heteroatoms. The monoisotopic (exact) mass is 160 g/mol. The minimum atomic E-state index is 0.508. The summed E-state index contributed by atoms with van der Waals surface area (Å²) in [7, 11) is 0. The SMILES string of the molecule is C1=NN=C(c2ccccc2)OC1. The van der Waals surface area contributed by atoms with Gasteiger partial charge in [-0.2, -0.15) is 5.10 Å². The summed E-state index contributed by atoms with van der Waals surface area (Å²) in [5, 5.41) is 7.64.